The van der Waals surface area contributed by atoms with Crippen LogP contribution in [0.15, 0.2) is 11.6 Å². The van der Waals surface area contributed by atoms with Gasteiger partial charge in [0.2, 0.25) is 0 Å². The van der Waals surface area contributed by atoms with E-state index in [9.17, 15) is 81.7 Å². The lowest BCUT2D eigenvalue weighted by Gasteiger charge is -2.68. The number of ether oxygens (including phenoxy) is 8. The topological polar surface area (TPSA) is 398 Å². The standard InChI is InChI=1S/C55H94O24/c1-9-55-17-16-24(53(55,7)18-32(60)54(8)26-12-15-33(51(3,4)25(26)11-13-31(54)55)76-47-41(67)38(64)35(61)27(19-56)72-47)23(2)10-14-34(52(5,6)71)77-50-46(79-49-43(69)40(66)37(63)29(21-58)74-49)44(70)45(30(22-59)75-50)78-48-42(68)39(65)36(62)28(20-57)73-48/h11,23-24,26-50,56-71H,9-10,12-22H2,1-8H3/t23-,24?,26?,27-,28+,29+,30-,31?,32-,33+,34-,35-,36+,37+,38+,39-,40-,41-,42+,43+,44+,45-,46-,47+,48-,49-,50+,53-,54+,55+/m1/s1. The van der Waals surface area contributed by atoms with E-state index in [1.165, 1.54) is 19.4 Å². The van der Waals surface area contributed by atoms with Gasteiger partial charge in [-0.15, -0.1) is 0 Å². The molecule has 0 bridgehead atoms. The SMILES string of the molecule is CC[C@@]12CCC([C@H](C)CC[C@@H](O[C@@H]3O[C@H](CO)[C@@H](O[C@H]4O[C@@H](CO)[C@H](O)[C@@H](O)[C@@H]4O)[C@H](O)[C@H]3O[C@H]3O[C@@H](CO)[C@H](O)[C@@H](O)[C@@H]3O)C(C)(C)O)[C@@]1(C)C[C@@H](O)[C@@]1(C)C3CC[C@H](O[C@@H]4O[C@H](CO)[C@@H](O)[C@H](O)[C@H]4O)C(C)(C)C3=CCC12. The Kier molecular flexibility index (Phi) is 19.6. The highest BCUT2D eigenvalue weighted by Crippen LogP contribution is 2.76. The lowest BCUT2D eigenvalue weighted by molar-refractivity contribution is -0.393. The van der Waals surface area contributed by atoms with E-state index in [1.807, 2.05) is 0 Å². The molecule has 0 aromatic carbocycles. The molecule has 4 aliphatic heterocycles. The lowest BCUT2D eigenvalue weighted by atomic mass is 9.37. The van der Waals surface area contributed by atoms with E-state index in [0.29, 0.717) is 25.7 Å². The monoisotopic (exact) mass is 1140 g/mol. The van der Waals surface area contributed by atoms with Crippen LogP contribution in [0.3, 0.4) is 0 Å². The summed E-state index contributed by atoms with van der Waals surface area (Å²) in [5, 5.41) is 173. The maximum atomic E-state index is 12.8. The highest BCUT2D eigenvalue weighted by molar-refractivity contribution is 5.32. The summed E-state index contributed by atoms with van der Waals surface area (Å²) in [6.07, 6.45) is -27.2. The molecular weight excluding hydrogens is 1040 g/mol. The summed E-state index contributed by atoms with van der Waals surface area (Å²) < 4.78 is 48.3. The minimum atomic E-state index is -1.96. The molecule has 30 atom stereocenters. The first-order valence-corrected chi connectivity index (χ1v) is 28.6. The summed E-state index contributed by atoms with van der Waals surface area (Å²) in [5.41, 5.74) is -2.01. The first-order chi connectivity index (χ1) is 37.0. The second kappa shape index (κ2) is 24.3. The fourth-order valence-electron chi connectivity index (χ4n) is 16.3. The molecule has 24 nitrogen and oxygen atoms in total. The predicted octanol–water partition coefficient (Wildman–Crippen LogP) is -2.84. The molecule has 0 aromatic rings. The maximum Gasteiger partial charge on any atom is 0.187 e. The van der Waals surface area contributed by atoms with Gasteiger partial charge in [0.15, 0.2) is 25.2 Å². The van der Waals surface area contributed by atoms with Gasteiger partial charge in [-0.2, -0.15) is 0 Å². The van der Waals surface area contributed by atoms with Crippen LogP contribution in [0, 0.1) is 45.3 Å². The molecule has 0 aromatic heterocycles. The molecule has 4 heterocycles. The van der Waals surface area contributed by atoms with Crippen LogP contribution in [0.5, 0.6) is 0 Å². The van der Waals surface area contributed by atoms with Crippen molar-refractivity contribution in [1.82, 2.24) is 0 Å². The van der Waals surface area contributed by atoms with Crippen LogP contribution < -0.4 is 0 Å². The van der Waals surface area contributed by atoms with Gasteiger partial charge in [-0.05, 0) is 106 Å². The molecule has 7 fully saturated rings. The highest BCUT2D eigenvalue weighted by atomic mass is 16.8. The van der Waals surface area contributed by atoms with Gasteiger partial charge in [0.25, 0.3) is 0 Å². The Morgan fingerprint density at radius 2 is 1.08 bits per heavy atom. The Bertz CT molecular complexity index is 2040. The fraction of sp³-hybridized carbons (Fsp3) is 0.964. The first kappa shape index (κ1) is 63.8. The Balaban J connectivity index is 1.01. The maximum absolute atomic E-state index is 12.8. The van der Waals surface area contributed by atoms with Crippen LogP contribution in [0.2, 0.25) is 0 Å². The number of aliphatic hydroxyl groups is 16. The van der Waals surface area contributed by atoms with Crippen molar-refractivity contribution in [3.05, 3.63) is 11.6 Å². The van der Waals surface area contributed by atoms with E-state index >= 15 is 0 Å². The van der Waals surface area contributed by atoms with E-state index in [-0.39, 0.29) is 40.9 Å². The Morgan fingerprint density at radius 1 is 0.595 bits per heavy atom. The molecule has 8 aliphatic rings. The van der Waals surface area contributed by atoms with Crippen molar-refractivity contribution in [3.63, 3.8) is 0 Å². The van der Waals surface area contributed by atoms with Crippen LogP contribution >= 0.6 is 0 Å². The van der Waals surface area contributed by atoms with Crippen LogP contribution in [0.25, 0.3) is 0 Å². The smallest absolute Gasteiger partial charge is 0.187 e. The zero-order valence-electron chi connectivity index (χ0n) is 46.8. The van der Waals surface area contributed by atoms with E-state index in [0.717, 1.165) is 25.7 Å². The average molecular weight is 1140 g/mol. The minimum absolute atomic E-state index is 0.00704. The quantitative estimate of drug-likeness (QED) is 0.0615. The van der Waals surface area contributed by atoms with E-state index in [4.69, 9.17) is 37.9 Å². The van der Waals surface area contributed by atoms with Gasteiger partial charge in [0, 0.05) is 10.8 Å². The fourth-order valence-corrected chi connectivity index (χ4v) is 16.3. The molecule has 4 aliphatic carbocycles. The molecule has 3 unspecified atom stereocenters. The molecule has 0 amide bonds. The van der Waals surface area contributed by atoms with Gasteiger partial charge in [-0.1, -0.05) is 53.2 Å². The second-order valence-corrected chi connectivity index (χ2v) is 25.9. The predicted molar refractivity (Wildman–Crippen MR) is 272 cm³/mol. The first-order valence-electron chi connectivity index (χ1n) is 28.6. The molecule has 0 radical (unpaired) electrons. The van der Waals surface area contributed by atoms with Gasteiger partial charge >= 0.3 is 0 Å². The van der Waals surface area contributed by atoms with Gasteiger partial charge in [-0.25, -0.2) is 0 Å². The molecule has 24 heteroatoms. The summed E-state index contributed by atoms with van der Waals surface area (Å²) in [4.78, 5) is 0. The molecule has 4 saturated heterocycles. The zero-order valence-corrected chi connectivity index (χ0v) is 46.8. The lowest BCUT2D eigenvalue weighted by Crippen LogP contribution is -2.67. The Hall–Kier alpha value is -1.22. The molecule has 79 heavy (non-hydrogen) atoms. The van der Waals surface area contributed by atoms with Crippen LogP contribution in [-0.4, -0.2) is 255 Å². The van der Waals surface area contributed by atoms with Crippen LogP contribution in [0.1, 0.15) is 113 Å². The third-order valence-corrected chi connectivity index (χ3v) is 21.1. The Labute approximate surface area is 461 Å². The number of fused-ring (bicyclic) bond motifs is 5. The third kappa shape index (κ3) is 11.1. The number of rotatable bonds is 18. The third-order valence-electron chi connectivity index (χ3n) is 21.1. The van der Waals surface area contributed by atoms with Crippen molar-refractivity contribution in [2.75, 3.05) is 26.4 Å². The second-order valence-electron chi connectivity index (χ2n) is 25.9. The molecule has 458 valence electrons. The summed E-state index contributed by atoms with van der Waals surface area (Å²) in [6, 6.07) is 0. The minimum Gasteiger partial charge on any atom is -0.394 e. The highest BCUT2D eigenvalue weighted by Gasteiger charge is 2.71. The van der Waals surface area contributed by atoms with Crippen molar-refractivity contribution in [2.24, 2.45) is 45.3 Å². The van der Waals surface area contributed by atoms with Crippen LogP contribution in [-0.2, 0) is 37.9 Å². The summed E-state index contributed by atoms with van der Waals surface area (Å²) in [6.45, 7) is 13.2. The van der Waals surface area contributed by atoms with Gasteiger partial charge in [0.1, 0.15) is 97.7 Å². The normalized spacial score (nSPS) is 50.9. The van der Waals surface area contributed by atoms with Crippen molar-refractivity contribution in [3.8, 4) is 0 Å². The van der Waals surface area contributed by atoms with Crippen LogP contribution in [0.4, 0.5) is 0 Å². The molecule has 16 N–H and O–H groups in total. The summed E-state index contributed by atoms with van der Waals surface area (Å²) >= 11 is 0. The van der Waals surface area contributed by atoms with E-state index < -0.39 is 184 Å². The van der Waals surface area contributed by atoms with Crippen molar-refractivity contribution >= 4 is 0 Å². The van der Waals surface area contributed by atoms with Crippen molar-refractivity contribution in [2.45, 2.75) is 260 Å². The number of hydrogen-bond donors (Lipinski definition) is 16. The summed E-state index contributed by atoms with van der Waals surface area (Å²) in [7, 11) is 0. The zero-order chi connectivity index (χ0) is 58.2. The van der Waals surface area contributed by atoms with Crippen molar-refractivity contribution < 1.29 is 120 Å². The van der Waals surface area contributed by atoms with E-state index in [2.05, 4.69) is 47.6 Å². The number of hydrogen-bond acceptors (Lipinski definition) is 24. The number of allylic oxidation sites excluding steroid dienone is 1. The van der Waals surface area contributed by atoms with Gasteiger partial charge in [0.05, 0.1) is 50.3 Å². The molecular formula is C55H94O24. The van der Waals surface area contributed by atoms with Gasteiger partial charge < -0.3 is 120 Å². The number of aliphatic hydroxyl groups excluding tert-OH is 15. The molecule has 0 spiro atoms. The molecule has 3 saturated carbocycles. The van der Waals surface area contributed by atoms with Gasteiger partial charge in [-0.3, -0.25) is 0 Å². The largest absolute Gasteiger partial charge is 0.394 e. The summed E-state index contributed by atoms with van der Waals surface area (Å²) in [5.74, 6) is 0.244. The Morgan fingerprint density at radius 3 is 1.56 bits per heavy atom. The van der Waals surface area contributed by atoms with E-state index in [1.54, 1.807) is 0 Å². The van der Waals surface area contributed by atoms with Crippen molar-refractivity contribution in [1.29, 1.82) is 0 Å². The molecule has 8 rings (SSSR count). The average Bonchev–Trinajstić information content (AvgIpc) is 3.61.